The highest BCUT2D eigenvalue weighted by molar-refractivity contribution is 7.95. The summed E-state index contributed by atoms with van der Waals surface area (Å²) in [6.45, 7) is 0. The Kier molecular flexibility index (Phi) is 5.66. The minimum Gasteiger partial charge on any atom is -0.303 e. The number of hydrogen-bond acceptors (Lipinski definition) is 7. The van der Waals surface area contributed by atoms with E-state index < -0.39 is 11.7 Å². The summed E-state index contributed by atoms with van der Waals surface area (Å²) in [5.74, 6) is 0.0805. The van der Waals surface area contributed by atoms with Crippen LogP contribution in [0.5, 0.6) is 5.88 Å². The van der Waals surface area contributed by atoms with Gasteiger partial charge in [-0.1, -0.05) is 22.0 Å². The number of fused-ring (bicyclic) bond motifs is 1. The fraction of sp³-hybridized carbons (Fsp3) is 0.0556. The van der Waals surface area contributed by atoms with E-state index in [0.29, 0.717) is 6.20 Å². The lowest BCUT2D eigenvalue weighted by molar-refractivity contribution is -0.137. The Morgan fingerprint density at radius 1 is 1.10 bits per heavy atom. The van der Waals surface area contributed by atoms with Gasteiger partial charge in [-0.05, 0) is 30.3 Å². The first-order chi connectivity index (χ1) is 14.4. The van der Waals surface area contributed by atoms with Crippen molar-refractivity contribution >= 4 is 40.4 Å². The summed E-state index contributed by atoms with van der Waals surface area (Å²) in [7, 11) is 0. The molecule has 0 saturated carbocycles. The number of benzene rings is 1. The molecule has 0 spiro atoms. The zero-order valence-corrected chi connectivity index (χ0v) is 16.4. The number of nitrogens with one attached hydrogen (secondary N) is 1. The fourth-order valence-corrected chi connectivity index (χ4v) is 3.24. The third-order valence-electron chi connectivity index (χ3n) is 3.93. The summed E-state index contributed by atoms with van der Waals surface area (Å²) in [5, 5.41) is 0.670. The molecule has 0 fully saturated rings. The van der Waals surface area contributed by atoms with E-state index in [4.69, 9.17) is 20.8 Å². The first-order valence-electron chi connectivity index (χ1n) is 8.29. The molecule has 0 atom stereocenters. The van der Waals surface area contributed by atoms with E-state index in [1.54, 1.807) is 6.20 Å². The summed E-state index contributed by atoms with van der Waals surface area (Å²) >= 11 is 6.75. The van der Waals surface area contributed by atoms with Crippen molar-refractivity contribution < 1.29 is 22.4 Å². The van der Waals surface area contributed by atoms with Crippen LogP contribution in [0.3, 0.4) is 0 Å². The van der Waals surface area contributed by atoms with Gasteiger partial charge in [-0.25, -0.2) is 14.5 Å². The minimum absolute atomic E-state index is 0.0128. The molecule has 0 unspecified atom stereocenters. The van der Waals surface area contributed by atoms with Crippen molar-refractivity contribution in [1.29, 1.82) is 0 Å². The van der Waals surface area contributed by atoms with Crippen molar-refractivity contribution in [3.63, 3.8) is 0 Å². The van der Waals surface area contributed by atoms with E-state index in [2.05, 4.69) is 19.7 Å². The predicted molar refractivity (Wildman–Crippen MR) is 106 cm³/mol. The van der Waals surface area contributed by atoms with Gasteiger partial charge in [0, 0.05) is 17.8 Å². The van der Waals surface area contributed by atoms with Crippen LogP contribution < -0.4 is 9.61 Å². The third kappa shape index (κ3) is 4.27. The molecule has 12 heteroatoms. The standard InChI is InChI=1S/C18H11ClF3N5O2S/c19-13-7-11(18(20,21)22)8-25-17(13)27-10-23-9-16(27)28-29-30-26-15-5-1-4-14-12(15)3-2-6-24-14/h1-10,26H. The number of anilines is 1. The first kappa shape index (κ1) is 20.3. The summed E-state index contributed by atoms with van der Waals surface area (Å²) < 4.78 is 47.7. The molecular weight excluding hydrogens is 443 g/mol. The van der Waals surface area contributed by atoms with Crippen LogP contribution in [0.25, 0.3) is 16.7 Å². The van der Waals surface area contributed by atoms with Gasteiger partial charge < -0.3 is 9.61 Å². The summed E-state index contributed by atoms with van der Waals surface area (Å²) in [6, 6.07) is 10.1. The number of imidazole rings is 1. The predicted octanol–water partition coefficient (Wildman–Crippen LogP) is 5.47. The molecule has 0 radical (unpaired) electrons. The number of pyridine rings is 2. The van der Waals surface area contributed by atoms with Gasteiger partial charge in [0.05, 0.1) is 28.0 Å². The molecule has 1 N–H and O–H groups in total. The topological polar surface area (TPSA) is 74.1 Å². The number of aromatic nitrogens is 4. The van der Waals surface area contributed by atoms with E-state index in [1.165, 1.54) is 17.1 Å². The molecule has 3 aromatic heterocycles. The number of nitrogens with zero attached hydrogens (tertiary/aromatic N) is 4. The number of hydrogen-bond donors (Lipinski definition) is 1. The summed E-state index contributed by atoms with van der Waals surface area (Å²) in [4.78, 5) is 17.1. The Balaban J connectivity index is 1.43. The van der Waals surface area contributed by atoms with Gasteiger partial charge in [0.25, 0.3) is 5.88 Å². The summed E-state index contributed by atoms with van der Waals surface area (Å²) in [5.41, 5.74) is 0.611. The average molecular weight is 454 g/mol. The Bertz CT molecular complexity index is 1180. The normalized spacial score (nSPS) is 11.6. The van der Waals surface area contributed by atoms with Crippen molar-refractivity contribution in [2.75, 3.05) is 4.72 Å². The second kappa shape index (κ2) is 8.38. The fourth-order valence-electron chi connectivity index (χ4n) is 2.57. The molecule has 154 valence electrons. The zero-order chi connectivity index (χ0) is 21.1. The first-order valence-corrected chi connectivity index (χ1v) is 9.41. The van der Waals surface area contributed by atoms with Gasteiger partial charge in [0.15, 0.2) is 18.0 Å². The van der Waals surface area contributed by atoms with Gasteiger partial charge in [-0.2, -0.15) is 13.2 Å². The Morgan fingerprint density at radius 2 is 1.97 bits per heavy atom. The molecular formula is C18H11ClF3N5O2S. The highest BCUT2D eigenvalue weighted by atomic mass is 35.5. The van der Waals surface area contributed by atoms with Gasteiger partial charge in [0.2, 0.25) is 0 Å². The SMILES string of the molecule is FC(F)(F)c1cnc(-n2cncc2OOSNc2cccc3ncccc23)c(Cl)c1. The molecule has 0 saturated heterocycles. The Morgan fingerprint density at radius 3 is 2.77 bits per heavy atom. The van der Waals surface area contributed by atoms with E-state index in [1.807, 2.05) is 30.3 Å². The van der Waals surface area contributed by atoms with E-state index in [-0.39, 0.29) is 16.7 Å². The van der Waals surface area contributed by atoms with Crippen molar-refractivity contribution in [2.45, 2.75) is 6.18 Å². The van der Waals surface area contributed by atoms with Crippen LogP contribution in [0, 0.1) is 0 Å². The maximum absolute atomic E-state index is 12.8. The van der Waals surface area contributed by atoms with Crippen LogP contribution in [0.4, 0.5) is 18.9 Å². The molecule has 30 heavy (non-hydrogen) atoms. The van der Waals surface area contributed by atoms with Crippen LogP contribution >= 0.6 is 23.8 Å². The monoisotopic (exact) mass is 453 g/mol. The van der Waals surface area contributed by atoms with Gasteiger partial charge in [-0.15, -0.1) is 0 Å². The zero-order valence-electron chi connectivity index (χ0n) is 14.8. The quantitative estimate of drug-likeness (QED) is 0.136. The lowest BCUT2D eigenvalue weighted by Gasteiger charge is -2.11. The molecule has 0 aliphatic heterocycles. The van der Waals surface area contributed by atoms with Gasteiger partial charge in [-0.3, -0.25) is 4.98 Å². The van der Waals surface area contributed by atoms with Crippen LogP contribution in [-0.4, -0.2) is 19.5 Å². The molecule has 0 bridgehead atoms. The van der Waals surface area contributed by atoms with Crippen molar-refractivity contribution in [2.24, 2.45) is 0 Å². The maximum Gasteiger partial charge on any atom is 0.417 e. The second-order valence-electron chi connectivity index (χ2n) is 5.84. The van der Waals surface area contributed by atoms with Crippen LogP contribution in [0.1, 0.15) is 5.56 Å². The van der Waals surface area contributed by atoms with Crippen LogP contribution in [-0.2, 0) is 10.5 Å². The van der Waals surface area contributed by atoms with Crippen LogP contribution in [0.15, 0.2) is 61.3 Å². The highest BCUT2D eigenvalue weighted by Crippen LogP contribution is 2.33. The molecule has 0 amide bonds. The molecule has 0 aliphatic rings. The number of rotatable bonds is 6. The summed E-state index contributed by atoms with van der Waals surface area (Å²) in [6.07, 6.45) is 0.413. The Labute approximate surface area is 177 Å². The smallest absolute Gasteiger partial charge is 0.303 e. The van der Waals surface area contributed by atoms with Gasteiger partial charge in [0.1, 0.15) is 6.33 Å². The average Bonchev–Trinajstić information content (AvgIpc) is 3.19. The molecule has 1 aromatic carbocycles. The highest BCUT2D eigenvalue weighted by Gasteiger charge is 2.32. The minimum atomic E-state index is -4.55. The van der Waals surface area contributed by atoms with Crippen molar-refractivity contribution in [3.8, 4) is 11.7 Å². The lowest BCUT2D eigenvalue weighted by atomic mass is 10.2. The molecule has 0 aliphatic carbocycles. The van der Waals surface area contributed by atoms with E-state index >= 15 is 0 Å². The molecule has 4 rings (SSSR count). The Hall–Kier alpha value is -3.02. The van der Waals surface area contributed by atoms with Crippen molar-refractivity contribution in [3.05, 3.63) is 71.9 Å². The van der Waals surface area contributed by atoms with E-state index in [9.17, 15) is 13.2 Å². The molecule has 7 nitrogen and oxygen atoms in total. The van der Waals surface area contributed by atoms with Crippen LogP contribution in [0.2, 0.25) is 5.02 Å². The number of alkyl halides is 3. The number of halogens is 4. The second-order valence-corrected chi connectivity index (χ2v) is 6.76. The van der Waals surface area contributed by atoms with E-state index in [0.717, 1.165) is 34.9 Å². The molecule has 4 aromatic rings. The van der Waals surface area contributed by atoms with Crippen molar-refractivity contribution in [1.82, 2.24) is 19.5 Å². The maximum atomic E-state index is 12.8. The molecule has 3 heterocycles. The van der Waals surface area contributed by atoms with Gasteiger partial charge >= 0.3 is 6.18 Å². The third-order valence-corrected chi connectivity index (χ3v) is 4.65. The largest absolute Gasteiger partial charge is 0.417 e. The lowest BCUT2D eigenvalue weighted by Crippen LogP contribution is -2.08.